The summed E-state index contributed by atoms with van der Waals surface area (Å²) in [6, 6.07) is 3.22. The summed E-state index contributed by atoms with van der Waals surface area (Å²) in [5, 5.41) is 5.14. The Morgan fingerprint density at radius 1 is 1.16 bits per heavy atom. The minimum atomic E-state index is -3.69. The Morgan fingerprint density at radius 2 is 1.79 bits per heavy atom. The molecule has 1 aromatic rings. The van der Waals surface area contributed by atoms with Crippen molar-refractivity contribution < 1.29 is 17.9 Å². The summed E-state index contributed by atoms with van der Waals surface area (Å²) in [4.78, 5) is 0.135. The lowest BCUT2D eigenvalue weighted by atomic mass is 10.1. The summed E-state index contributed by atoms with van der Waals surface area (Å²) in [5.74, 6) is 0.650. The lowest BCUT2D eigenvalue weighted by Crippen LogP contribution is -2.15. The number of hydrogen-bond donors (Lipinski definition) is 1. The van der Waals surface area contributed by atoms with Crippen LogP contribution in [0.15, 0.2) is 17.0 Å². The number of ether oxygens (including phenoxy) is 2. The highest BCUT2D eigenvalue weighted by molar-refractivity contribution is 7.89. The Kier molecular flexibility index (Phi) is 5.34. The van der Waals surface area contributed by atoms with E-state index in [4.69, 9.17) is 14.6 Å². The summed E-state index contributed by atoms with van der Waals surface area (Å²) in [6.45, 7) is 8.30. The van der Waals surface area contributed by atoms with E-state index in [1.807, 2.05) is 13.8 Å². The first-order valence-corrected chi connectivity index (χ1v) is 7.65. The van der Waals surface area contributed by atoms with Crippen molar-refractivity contribution in [3.05, 3.63) is 23.3 Å². The SMILES string of the molecule is Cc1cc(S(N)(=O)=O)c(C)cc1OCCOC(C)C. The van der Waals surface area contributed by atoms with Crippen LogP contribution in [0.3, 0.4) is 0 Å². The quantitative estimate of drug-likeness (QED) is 0.809. The molecule has 0 aromatic heterocycles. The lowest BCUT2D eigenvalue weighted by Gasteiger charge is -2.13. The first kappa shape index (κ1) is 15.9. The van der Waals surface area contributed by atoms with Crippen LogP contribution >= 0.6 is 0 Å². The molecule has 5 nitrogen and oxygen atoms in total. The summed E-state index contributed by atoms with van der Waals surface area (Å²) in [6.07, 6.45) is 0.163. The van der Waals surface area contributed by atoms with Gasteiger partial charge < -0.3 is 9.47 Å². The summed E-state index contributed by atoms with van der Waals surface area (Å²) >= 11 is 0. The Bertz CT molecular complexity index is 538. The number of sulfonamides is 1. The van der Waals surface area contributed by atoms with Crippen molar-refractivity contribution in [2.75, 3.05) is 13.2 Å². The molecular formula is C13H21NO4S. The fraction of sp³-hybridized carbons (Fsp3) is 0.538. The van der Waals surface area contributed by atoms with E-state index >= 15 is 0 Å². The Hall–Kier alpha value is -1.11. The van der Waals surface area contributed by atoms with E-state index in [0.717, 1.165) is 5.56 Å². The van der Waals surface area contributed by atoms with Crippen molar-refractivity contribution in [1.29, 1.82) is 0 Å². The van der Waals surface area contributed by atoms with Crippen LogP contribution in [0.4, 0.5) is 0 Å². The zero-order valence-corrected chi connectivity index (χ0v) is 12.6. The minimum Gasteiger partial charge on any atom is -0.491 e. The molecular weight excluding hydrogens is 266 g/mol. The highest BCUT2D eigenvalue weighted by Gasteiger charge is 2.14. The van der Waals surface area contributed by atoms with E-state index in [1.165, 1.54) is 6.07 Å². The molecule has 1 aromatic carbocycles. The maximum Gasteiger partial charge on any atom is 0.238 e. The standard InChI is InChI=1S/C13H21NO4S/c1-9(2)17-5-6-18-12-7-11(4)13(8-10(12)3)19(14,15)16/h7-9H,5-6H2,1-4H3,(H2,14,15,16). The lowest BCUT2D eigenvalue weighted by molar-refractivity contribution is 0.0551. The molecule has 0 atom stereocenters. The van der Waals surface area contributed by atoms with Crippen LogP contribution < -0.4 is 9.88 Å². The second-order valence-electron chi connectivity index (χ2n) is 4.70. The Labute approximate surface area is 114 Å². The van der Waals surface area contributed by atoms with Crippen molar-refractivity contribution in [3.8, 4) is 5.75 Å². The maximum atomic E-state index is 11.4. The second kappa shape index (κ2) is 6.36. The molecule has 0 fully saturated rings. The van der Waals surface area contributed by atoms with Gasteiger partial charge in [-0.1, -0.05) is 0 Å². The molecule has 19 heavy (non-hydrogen) atoms. The number of primary sulfonamides is 1. The average molecular weight is 287 g/mol. The Morgan fingerprint density at radius 3 is 2.32 bits per heavy atom. The molecule has 0 aliphatic rings. The normalized spacial score (nSPS) is 11.9. The summed E-state index contributed by atoms with van der Waals surface area (Å²) < 4.78 is 33.7. The molecule has 0 radical (unpaired) electrons. The van der Waals surface area contributed by atoms with Crippen LogP contribution in [0.5, 0.6) is 5.75 Å². The summed E-state index contributed by atoms with van der Waals surface area (Å²) in [7, 11) is -3.69. The molecule has 0 aliphatic heterocycles. The molecule has 0 bridgehead atoms. The van der Waals surface area contributed by atoms with Crippen molar-refractivity contribution in [2.24, 2.45) is 5.14 Å². The molecule has 0 amide bonds. The van der Waals surface area contributed by atoms with E-state index in [2.05, 4.69) is 0 Å². The van der Waals surface area contributed by atoms with Crippen LogP contribution in [-0.4, -0.2) is 27.7 Å². The third-order valence-corrected chi connectivity index (χ3v) is 3.62. The smallest absolute Gasteiger partial charge is 0.238 e. The monoisotopic (exact) mass is 287 g/mol. The van der Waals surface area contributed by atoms with Crippen LogP contribution in [0.1, 0.15) is 25.0 Å². The molecule has 2 N–H and O–H groups in total. The molecule has 108 valence electrons. The van der Waals surface area contributed by atoms with Gasteiger partial charge in [-0.25, -0.2) is 13.6 Å². The topological polar surface area (TPSA) is 78.6 Å². The molecule has 0 heterocycles. The van der Waals surface area contributed by atoms with Gasteiger partial charge in [-0.15, -0.1) is 0 Å². The second-order valence-corrected chi connectivity index (χ2v) is 6.23. The van der Waals surface area contributed by atoms with Crippen LogP contribution in [0.25, 0.3) is 0 Å². The molecule has 0 unspecified atom stereocenters. The summed E-state index contributed by atoms with van der Waals surface area (Å²) in [5.41, 5.74) is 1.31. The number of hydrogen-bond acceptors (Lipinski definition) is 4. The molecule has 0 spiro atoms. The molecule has 1 rings (SSSR count). The number of rotatable bonds is 6. The van der Waals surface area contributed by atoms with E-state index in [9.17, 15) is 8.42 Å². The largest absolute Gasteiger partial charge is 0.491 e. The van der Waals surface area contributed by atoms with Crippen molar-refractivity contribution >= 4 is 10.0 Å². The Balaban J connectivity index is 2.80. The van der Waals surface area contributed by atoms with Gasteiger partial charge >= 0.3 is 0 Å². The molecule has 0 aliphatic carbocycles. The minimum absolute atomic E-state index is 0.135. The fourth-order valence-corrected chi connectivity index (χ4v) is 2.51. The van der Waals surface area contributed by atoms with Gasteiger partial charge in [0, 0.05) is 0 Å². The van der Waals surface area contributed by atoms with Gasteiger partial charge in [0.1, 0.15) is 12.4 Å². The first-order valence-electron chi connectivity index (χ1n) is 6.10. The van der Waals surface area contributed by atoms with Crippen molar-refractivity contribution in [1.82, 2.24) is 0 Å². The van der Waals surface area contributed by atoms with Crippen LogP contribution in [-0.2, 0) is 14.8 Å². The van der Waals surface area contributed by atoms with Crippen LogP contribution in [0.2, 0.25) is 0 Å². The third kappa shape index (κ3) is 4.81. The van der Waals surface area contributed by atoms with Gasteiger partial charge in [0.25, 0.3) is 0 Å². The predicted octanol–water partition coefficient (Wildman–Crippen LogP) is 1.75. The highest BCUT2D eigenvalue weighted by Crippen LogP contribution is 2.25. The van der Waals surface area contributed by atoms with Gasteiger partial charge in [0.2, 0.25) is 10.0 Å². The molecule has 0 saturated carbocycles. The highest BCUT2D eigenvalue weighted by atomic mass is 32.2. The van der Waals surface area contributed by atoms with E-state index in [1.54, 1.807) is 19.9 Å². The maximum absolute atomic E-state index is 11.4. The zero-order chi connectivity index (χ0) is 14.6. The number of aryl methyl sites for hydroxylation is 2. The predicted molar refractivity (Wildman–Crippen MR) is 73.9 cm³/mol. The molecule has 0 saturated heterocycles. The van der Waals surface area contributed by atoms with E-state index in [-0.39, 0.29) is 11.0 Å². The first-order chi connectivity index (χ1) is 8.71. The molecule has 6 heteroatoms. The van der Waals surface area contributed by atoms with Crippen LogP contribution in [0, 0.1) is 13.8 Å². The number of benzene rings is 1. The van der Waals surface area contributed by atoms with Gasteiger partial charge in [0.05, 0.1) is 17.6 Å². The van der Waals surface area contributed by atoms with Crippen molar-refractivity contribution in [2.45, 2.75) is 38.7 Å². The average Bonchev–Trinajstić information content (AvgIpc) is 2.26. The van der Waals surface area contributed by atoms with E-state index < -0.39 is 10.0 Å². The number of nitrogens with two attached hydrogens (primary N) is 1. The fourth-order valence-electron chi connectivity index (χ4n) is 1.66. The van der Waals surface area contributed by atoms with Gasteiger partial charge in [-0.05, 0) is 51.0 Å². The zero-order valence-electron chi connectivity index (χ0n) is 11.8. The van der Waals surface area contributed by atoms with Crippen molar-refractivity contribution in [3.63, 3.8) is 0 Å². The van der Waals surface area contributed by atoms with Gasteiger partial charge in [0.15, 0.2) is 0 Å². The van der Waals surface area contributed by atoms with E-state index in [0.29, 0.717) is 24.5 Å². The third-order valence-electron chi connectivity index (χ3n) is 2.57. The van der Waals surface area contributed by atoms with Gasteiger partial charge in [-0.2, -0.15) is 0 Å². The van der Waals surface area contributed by atoms with Gasteiger partial charge in [-0.3, -0.25) is 0 Å².